The number of non-ortho nitro benzene ring substituents is 2. The molecule has 0 fully saturated rings. The average molecular weight is 453 g/mol. The highest BCUT2D eigenvalue weighted by Gasteiger charge is 2.06. The van der Waals surface area contributed by atoms with Crippen LogP contribution >= 0.6 is 0 Å². The van der Waals surface area contributed by atoms with Crippen LogP contribution in [0.5, 0.6) is 0 Å². The molecule has 34 heavy (non-hydrogen) atoms. The molecule has 6 heteroatoms. The summed E-state index contributed by atoms with van der Waals surface area (Å²) >= 11 is 0. The Labute approximate surface area is 197 Å². The van der Waals surface area contributed by atoms with Crippen molar-refractivity contribution in [2.75, 3.05) is 0 Å². The van der Waals surface area contributed by atoms with Gasteiger partial charge in [-0.3, -0.25) is 20.2 Å². The van der Waals surface area contributed by atoms with Gasteiger partial charge in [-0.1, -0.05) is 72.8 Å². The van der Waals surface area contributed by atoms with Crippen molar-refractivity contribution in [1.82, 2.24) is 0 Å². The molecule has 0 N–H and O–H groups in total. The highest BCUT2D eigenvalue weighted by atomic mass is 16.6. The third kappa shape index (κ3) is 6.13. The maximum absolute atomic E-state index is 10.8. The number of aryl methyl sites for hydroxylation is 2. The molecule has 0 amide bonds. The minimum absolute atomic E-state index is 0.110. The predicted molar refractivity (Wildman–Crippen MR) is 132 cm³/mol. The van der Waals surface area contributed by atoms with Gasteiger partial charge in [0, 0.05) is 24.3 Å². The van der Waals surface area contributed by atoms with E-state index in [2.05, 4.69) is 48.5 Å². The van der Waals surface area contributed by atoms with Crippen molar-refractivity contribution in [2.24, 2.45) is 0 Å². The fourth-order valence-corrected chi connectivity index (χ4v) is 3.88. The topological polar surface area (TPSA) is 86.3 Å². The molecule has 0 saturated carbocycles. The van der Waals surface area contributed by atoms with Gasteiger partial charge in [-0.25, -0.2) is 0 Å². The van der Waals surface area contributed by atoms with Crippen LogP contribution in [0.2, 0.25) is 0 Å². The van der Waals surface area contributed by atoms with Crippen molar-refractivity contribution in [3.63, 3.8) is 0 Å². The Bertz CT molecular complexity index is 1160. The normalized spacial score (nSPS) is 10.7. The fourth-order valence-electron chi connectivity index (χ4n) is 3.88. The summed E-state index contributed by atoms with van der Waals surface area (Å²) in [6.45, 7) is 0. The lowest BCUT2D eigenvalue weighted by Gasteiger charge is -2.07. The van der Waals surface area contributed by atoms with Gasteiger partial charge in [0.15, 0.2) is 0 Å². The van der Waals surface area contributed by atoms with E-state index in [4.69, 9.17) is 0 Å². The van der Waals surface area contributed by atoms with E-state index in [1.807, 2.05) is 0 Å². The van der Waals surface area contributed by atoms with Crippen LogP contribution in [0.25, 0.3) is 0 Å². The summed E-state index contributed by atoms with van der Waals surface area (Å²) in [6.07, 6.45) is 3.38. The van der Waals surface area contributed by atoms with Crippen LogP contribution < -0.4 is 0 Å². The zero-order valence-electron chi connectivity index (χ0n) is 18.6. The number of nitro benzene ring substituents is 2. The molecular weight excluding hydrogens is 428 g/mol. The van der Waals surface area contributed by atoms with Gasteiger partial charge in [0.05, 0.1) is 9.85 Å². The molecule has 170 valence electrons. The van der Waals surface area contributed by atoms with Crippen molar-refractivity contribution >= 4 is 11.4 Å². The smallest absolute Gasteiger partial charge is 0.258 e. The molecular formula is C28H24N2O4. The lowest BCUT2D eigenvalue weighted by molar-refractivity contribution is -0.385. The minimum Gasteiger partial charge on any atom is -0.258 e. The van der Waals surface area contributed by atoms with Crippen molar-refractivity contribution in [3.05, 3.63) is 151 Å². The first-order valence-electron chi connectivity index (χ1n) is 11.1. The Morgan fingerprint density at radius 2 is 0.647 bits per heavy atom. The molecule has 6 nitrogen and oxygen atoms in total. The molecule has 0 unspecified atom stereocenters. The minimum atomic E-state index is -0.384. The van der Waals surface area contributed by atoms with Crippen LogP contribution in [0, 0.1) is 20.2 Å². The third-order valence-electron chi connectivity index (χ3n) is 5.86. The molecule has 0 aliphatic heterocycles. The van der Waals surface area contributed by atoms with Crippen molar-refractivity contribution in [3.8, 4) is 0 Å². The van der Waals surface area contributed by atoms with Gasteiger partial charge in [-0.2, -0.15) is 0 Å². The van der Waals surface area contributed by atoms with E-state index in [1.54, 1.807) is 48.5 Å². The summed E-state index contributed by atoms with van der Waals surface area (Å²) in [5.41, 5.74) is 7.20. The largest absolute Gasteiger partial charge is 0.269 e. The summed E-state index contributed by atoms with van der Waals surface area (Å²) < 4.78 is 0. The van der Waals surface area contributed by atoms with Crippen molar-refractivity contribution < 1.29 is 9.85 Å². The third-order valence-corrected chi connectivity index (χ3v) is 5.86. The van der Waals surface area contributed by atoms with Gasteiger partial charge in [0.2, 0.25) is 0 Å². The second-order valence-electron chi connectivity index (χ2n) is 8.33. The molecule has 0 radical (unpaired) electrons. The maximum atomic E-state index is 10.8. The van der Waals surface area contributed by atoms with E-state index >= 15 is 0 Å². The van der Waals surface area contributed by atoms with Crippen LogP contribution in [-0.2, 0) is 25.7 Å². The quantitative estimate of drug-likeness (QED) is 0.215. The Kier molecular flexibility index (Phi) is 7.08. The van der Waals surface area contributed by atoms with Crippen LogP contribution in [0.4, 0.5) is 11.4 Å². The van der Waals surface area contributed by atoms with Gasteiger partial charge < -0.3 is 0 Å². The molecule has 0 aromatic heterocycles. The number of nitrogens with zero attached hydrogens (tertiary/aromatic N) is 2. The van der Waals surface area contributed by atoms with Gasteiger partial charge in [0.1, 0.15) is 0 Å². The number of hydrogen-bond acceptors (Lipinski definition) is 4. The second-order valence-corrected chi connectivity index (χ2v) is 8.33. The highest BCUT2D eigenvalue weighted by Crippen LogP contribution is 2.18. The van der Waals surface area contributed by atoms with Gasteiger partial charge >= 0.3 is 0 Å². The number of nitro groups is 2. The van der Waals surface area contributed by atoms with Crippen LogP contribution in [0.3, 0.4) is 0 Å². The summed E-state index contributed by atoms with van der Waals surface area (Å²) in [6, 6.07) is 30.4. The first-order chi connectivity index (χ1) is 16.5. The van der Waals surface area contributed by atoms with E-state index in [-0.39, 0.29) is 21.2 Å². The zero-order chi connectivity index (χ0) is 23.9. The Morgan fingerprint density at radius 3 is 0.912 bits per heavy atom. The standard InChI is InChI=1S/C28H24N2O4/c31-29(32)27-15-11-25(12-16-27)19-23-7-3-21(4-8-23)1-2-22-5-9-24(10-6-22)20-26-13-17-28(18-14-26)30(33)34/h3-18H,1-2,19-20H2. The molecule has 0 atom stereocenters. The SMILES string of the molecule is O=[N+]([O-])c1ccc(Cc2ccc(CCc3ccc(Cc4ccc([N+](=O)[O-])cc4)cc3)cc2)cc1. The van der Waals surface area contributed by atoms with Crippen molar-refractivity contribution in [1.29, 1.82) is 0 Å². The Balaban J connectivity index is 1.28. The lowest BCUT2D eigenvalue weighted by Crippen LogP contribution is -1.95. The molecule has 0 spiro atoms. The van der Waals surface area contributed by atoms with E-state index in [0.717, 1.165) is 36.8 Å². The molecule has 0 heterocycles. The van der Waals surface area contributed by atoms with E-state index in [1.165, 1.54) is 22.3 Å². The van der Waals surface area contributed by atoms with Crippen molar-refractivity contribution in [2.45, 2.75) is 25.7 Å². The second kappa shape index (κ2) is 10.5. The number of rotatable bonds is 9. The van der Waals surface area contributed by atoms with Gasteiger partial charge in [-0.05, 0) is 59.1 Å². The fraction of sp³-hybridized carbons (Fsp3) is 0.143. The summed E-state index contributed by atoms with van der Waals surface area (Å²) in [5.74, 6) is 0. The van der Waals surface area contributed by atoms with E-state index in [0.29, 0.717) is 0 Å². The number of benzene rings is 4. The van der Waals surface area contributed by atoms with Gasteiger partial charge in [0.25, 0.3) is 11.4 Å². The monoisotopic (exact) mass is 452 g/mol. The molecule has 0 aliphatic rings. The van der Waals surface area contributed by atoms with Gasteiger partial charge in [-0.15, -0.1) is 0 Å². The predicted octanol–water partition coefficient (Wildman–Crippen LogP) is 6.47. The maximum Gasteiger partial charge on any atom is 0.269 e. The first kappa shape index (κ1) is 22.9. The first-order valence-corrected chi connectivity index (χ1v) is 11.1. The molecule has 0 bridgehead atoms. The zero-order valence-corrected chi connectivity index (χ0v) is 18.6. The van der Waals surface area contributed by atoms with E-state index in [9.17, 15) is 20.2 Å². The molecule has 4 aromatic rings. The Morgan fingerprint density at radius 1 is 0.412 bits per heavy atom. The molecule has 4 aromatic carbocycles. The van der Waals surface area contributed by atoms with Crippen LogP contribution in [-0.4, -0.2) is 9.85 Å². The average Bonchev–Trinajstić information content (AvgIpc) is 2.85. The number of hydrogen-bond donors (Lipinski definition) is 0. The highest BCUT2D eigenvalue weighted by molar-refractivity contribution is 5.37. The van der Waals surface area contributed by atoms with E-state index < -0.39 is 0 Å². The lowest BCUT2D eigenvalue weighted by atomic mass is 9.99. The Hall–Kier alpha value is -4.32. The summed E-state index contributed by atoms with van der Waals surface area (Å²) in [7, 11) is 0. The molecule has 0 aliphatic carbocycles. The molecule has 4 rings (SSSR count). The van der Waals surface area contributed by atoms with Crippen LogP contribution in [0.1, 0.15) is 33.4 Å². The summed E-state index contributed by atoms with van der Waals surface area (Å²) in [5, 5.41) is 21.6. The molecule has 0 saturated heterocycles. The summed E-state index contributed by atoms with van der Waals surface area (Å²) in [4.78, 5) is 20.8. The van der Waals surface area contributed by atoms with Crippen LogP contribution in [0.15, 0.2) is 97.1 Å².